The van der Waals surface area contributed by atoms with Crippen molar-refractivity contribution in [3.05, 3.63) is 65.2 Å². The molecule has 4 unspecified atom stereocenters. The number of hydrogen-bond acceptors (Lipinski definition) is 4. The number of carbonyl (C=O) groups is 1. The van der Waals surface area contributed by atoms with E-state index in [2.05, 4.69) is 48.3 Å². The first-order valence-corrected chi connectivity index (χ1v) is 12.4. The molecule has 1 saturated carbocycles. The van der Waals surface area contributed by atoms with Crippen LogP contribution in [0.1, 0.15) is 55.7 Å². The molecule has 3 N–H and O–H groups in total. The van der Waals surface area contributed by atoms with Gasteiger partial charge in [0, 0.05) is 23.9 Å². The van der Waals surface area contributed by atoms with E-state index in [1.54, 1.807) is 6.07 Å². The Morgan fingerprint density at radius 3 is 2.73 bits per heavy atom. The summed E-state index contributed by atoms with van der Waals surface area (Å²) < 4.78 is 0. The summed E-state index contributed by atoms with van der Waals surface area (Å²) in [5, 5.41) is 26.1. The molecular weight excluding hydrogens is 412 g/mol. The number of nitrogens with one attached hydrogen (secondary N) is 1. The number of amides is 1. The lowest BCUT2D eigenvalue weighted by Gasteiger charge is -2.62. The second kappa shape index (κ2) is 8.44. The Labute approximate surface area is 196 Å². The maximum atomic E-state index is 12.5. The van der Waals surface area contributed by atoms with Gasteiger partial charge in [-0.2, -0.15) is 0 Å². The van der Waals surface area contributed by atoms with E-state index in [1.807, 2.05) is 18.2 Å². The zero-order valence-corrected chi connectivity index (χ0v) is 19.8. The minimum absolute atomic E-state index is 0.0274. The summed E-state index contributed by atoms with van der Waals surface area (Å²) in [6.45, 7) is 6.08. The highest BCUT2D eigenvalue weighted by Gasteiger charge is 2.64. The second-order valence-corrected chi connectivity index (χ2v) is 10.6. The molecule has 2 aliphatic heterocycles. The Balaban J connectivity index is 1.45. The molecule has 0 radical (unpaired) electrons. The van der Waals surface area contributed by atoms with Gasteiger partial charge in [-0.1, -0.05) is 36.4 Å². The number of phenolic OH excluding ortho intramolecular Hbond substituents is 1. The molecule has 3 fully saturated rings. The van der Waals surface area contributed by atoms with Gasteiger partial charge in [-0.15, -0.1) is 0 Å². The van der Waals surface area contributed by atoms with Crippen LogP contribution < -0.4 is 5.32 Å². The van der Waals surface area contributed by atoms with E-state index in [9.17, 15) is 15.0 Å². The van der Waals surface area contributed by atoms with E-state index >= 15 is 0 Å². The lowest BCUT2D eigenvalue weighted by Crippen LogP contribution is -2.71. The maximum absolute atomic E-state index is 12.5. The van der Waals surface area contributed by atoms with Gasteiger partial charge in [0.1, 0.15) is 5.75 Å². The Bertz CT molecular complexity index is 1030. The maximum Gasteiger partial charge on any atom is 0.220 e. The number of rotatable bonds is 5. The summed E-state index contributed by atoms with van der Waals surface area (Å²) in [6.07, 6.45) is 4.75. The summed E-state index contributed by atoms with van der Waals surface area (Å²) in [5.41, 5.74) is 2.05. The Morgan fingerprint density at radius 1 is 1.15 bits per heavy atom. The van der Waals surface area contributed by atoms with Crippen molar-refractivity contribution in [2.24, 2.45) is 5.92 Å². The molecule has 0 spiro atoms. The number of fused-ring (bicyclic) bond motifs is 2. The largest absolute Gasteiger partial charge is 0.508 e. The predicted molar refractivity (Wildman–Crippen MR) is 129 cm³/mol. The van der Waals surface area contributed by atoms with E-state index in [4.69, 9.17) is 0 Å². The number of likely N-dealkylation sites (tertiary alicyclic amines) is 1. The third kappa shape index (κ3) is 3.75. The van der Waals surface area contributed by atoms with Crippen LogP contribution in [0, 0.1) is 12.8 Å². The Morgan fingerprint density at radius 2 is 1.94 bits per heavy atom. The molecule has 5 nitrogen and oxygen atoms in total. The van der Waals surface area contributed by atoms with Crippen LogP contribution in [0.2, 0.25) is 0 Å². The van der Waals surface area contributed by atoms with Gasteiger partial charge in [0.2, 0.25) is 5.91 Å². The van der Waals surface area contributed by atoms with Crippen LogP contribution in [0.25, 0.3) is 0 Å². The third-order valence-electron chi connectivity index (χ3n) is 8.89. The quantitative estimate of drug-likeness (QED) is 0.652. The van der Waals surface area contributed by atoms with Gasteiger partial charge >= 0.3 is 0 Å². The molecule has 2 aromatic carbocycles. The number of carbonyl (C=O) groups excluding carboxylic acids is 1. The van der Waals surface area contributed by atoms with Crippen molar-refractivity contribution < 1.29 is 15.0 Å². The Hall–Kier alpha value is -2.37. The molecule has 3 aliphatic rings. The molecule has 2 heterocycles. The Kier molecular flexibility index (Phi) is 5.74. The van der Waals surface area contributed by atoms with E-state index in [1.165, 1.54) is 5.56 Å². The lowest BCUT2D eigenvalue weighted by atomic mass is 9.50. The number of aryl methyl sites for hydroxylation is 2. The second-order valence-electron chi connectivity index (χ2n) is 10.6. The van der Waals surface area contributed by atoms with Gasteiger partial charge in [0.05, 0.1) is 5.60 Å². The highest BCUT2D eigenvalue weighted by atomic mass is 16.3. The normalized spacial score (nSPS) is 33.9. The fourth-order valence-electron chi connectivity index (χ4n) is 7.10. The highest BCUT2D eigenvalue weighted by molar-refractivity contribution is 5.79. The van der Waals surface area contributed by atoms with Crippen molar-refractivity contribution >= 4 is 5.91 Å². The molecule has 5 atom stereocenters. The number of phenols is 1. The van der Waals surface area contributed by atoms with E-state index < -0.39 is 11.0 Å². The summed E-state index contributed by atoms with van der Waals surface area (Å²) >= 11 is 0. The molecule has 33 heavy (non-hydrogen) atoms. The van der Waals surface area contributed by atoms with Crippen LogP contribution in [-0.2, 0) is 16.6 Å². The zero-order valence-electron chi connectivity index (χ0n) is 19.8. The average Bonchev–Trinajstić information content (AvgIpc) is 3.15. The van der Waals surface area contributed by atoms with Gasteiger partial charge in [-0.25, -0.2) is 0 Å². The van der Waals surface area contributed by atoms with Crippen LogP contribution in [-0.4, -0.2) is 51.8 Å². The van der Waals surface area contributed by atoms with Gasteiger partial charge in [0.25, 0.3) is 0 Å². The van der Waals surface area contributed by atoms with Crippen LogP contribution in [0.4, 0.5) is 0 Å². The highest BCUT2D eigenvalue weighted by Crippen LogP contribution is 2.57. The van der Waals surface area contributed by atoms with Crippen LogP contribution in [0.5, 0.6) is 5.75 Å². The van der Waals surface area contributed by atoms with Crippen molar-refractivity contribution in [3.63, 3.8) is 0 Å². The topological polar surface area (TPSA) is 72.8 Å². The van der Waals surface area contributed by atoms with Crippen LogP contribution in [0.3, 0.4) is 0 Å². The monoisotopic (exact) mass is 448 g/mol. The van der Waals surface area contributed by atoms with Gasteiger partial charge < -0.3 is 15.5 Å². The van der Waals surface area contributed by atoms with Crippen molar-refractivity contribution in [1.82, 2.24) is 10.2 Å². The molecule has 1 aliphatic carbocycles. The smallest absolute Gasteiger partial charge is 0.220 e. The average molecular weight is 449 g/mol. The van der Waals surface area contributed by atoms with Gasteiger partial charge in [0.15, 0.2) is 0 Å². The molecule has 0 aromatic heterocycles. The van der Waals surface area contributed by atoms with Crippen molar-refractivity contribution in [2.45, 2.75) is 75.5 Å². The van der Waals surface area contributed by atoms with Crippen molar-refractivity contribution in [2.75, 3.05) is 13.1 Å². The minimum Gasteiger partial charge on any atom is -0.508 e. The molecule has 1 amide bonds. The zero-order chi connectivity index (χ0) is 23.2. The molecule has 2 aromatic rings. The molecule has 5 heteroatoms. The molecule has 176 valence electrons. The van der Waals surface area contributed by atoms with Crippen LogP contribution >= 0.6 is 0 Å². The summed E-state index contributed by atoms with van der Waals surface area (Å²) in [7, 11) is 0. The number of hydrogen-bond donors (Lipinski definition) is 3. The fourth-order valence-corrected chi connectivity index (χ4v) is 7.10. The molecule has 0 bridgehead atoms. The molecular formula is C28H36N2O3. The van der Waals surface area contributed by atoms with Crippen molar-refractivity contribution in [3.8, 4) is 5.75 Å². The first-order valence-electron chi connectivity index (χ1n) is 12.4. The third-order valence-corrected chi connectivity index (χ3v) is 8.89. The summed E-state index contributed by atoms with van der Waals surface area (Å²) in [4.78, 5) is 14.7. The predicted octanol–water partition coefficient (Wildman–Crippen LogP) is 3.70. The standard InChI is InChI=1S/C28H36N2O3/c1-19-10-11-23(31)16-24(19)27-12-14-30(13-6-9-21-7-4-3-5-8-21)20(2)28(27,33)17-22-15-26(32)29-25(22)18-27/h3-5,7-8,10-11,16,20,22,25,31,33H,6,9,12-15,17-18H2,1-2H3,(H,29,32)/t20?,22?,25?,27-,28?/m1/s1. The van der Waals surface area contributed by atoms with E-state index in [-0.39, 0.29) is 29.7 Å². The number of nitrogens with zero attached hydrogens (tertiary/aromatic N) is 1. The fraction of sp³-hybridized carbons (Fsp3) is 0.536. The van der Waals surface area contributed by atoms with Gasteiger partial charge in [-0.3, -0.25) is 9.69 Å². The summed E-state index contributed by atoms with van der Waals surface area (Å²) in [6, 6.07) is 16.2. The summed E-state index contributed by atoms with van der Waals surface area (Å²) in [5.74, 6) is 0.505. The SMILES string of the molecule is Cc1ccc(O)cc1[C@]12CCN(CCCc3ccccc3)C(C)C1(O)CC1CC(=O)NC1C2. The first-order chi connectivity index (χ1) is 15.8. The first kappa shape index (κ1) is 22.4. The van der Waals surface area contributed by atoms with E-state index in [0.717, 1.165) is 49.9 Å². The number of piperidine rings is 1. The number of aliphatic hydroxyl groups is 1. The molecule has 2 saturated heterocycles. The minimum atomic E-state index is -0.954. The van der Waals surface area contributed by atoms with Gasteiger partial charge in [-0.05, 0) is 93.8 Å². The number of aromatic hydroxyl groups is 1. The number of benzene rings is 2. The lowest BCUT2D eigenvalue weighted by molar-refractivity contribution is -0.167. The van der Waals surface area contributed by atoms with Crippen molar-refractivity contribution in [1.29, 1.82) is 0 Å². The molecule has 5 rings (SSSR count). The van der Waals surface area contributed by atoms with E-state index in [0.29, 0.717) is 12.8 Å². The van der Waals surface area contributed by atoms with Crippen LogP contribution in [0.15, 0.2) is 48.5 Å².